The van der Waals surface area contributed by atoms with Gasteiger partial charge in [-0.3, -0.25) is 14.6 Å². The molecule has 5 rings (SSSR count). The molecule has 44 heavy (non-hydrogen) atoms. The predicted octanol–water partition coefficient (Wildman–Crippen LogP) is 4.28. The molecule has 0 fully saturated rings. The highest BCUT2D eigenvalue weighted by Gasteiger charge is 2.40. The zero-order valence-corrected chi connectivity index (χ0v) is 25.4. The van der Waals surface area contributed by atoms with Gasteiger partial charge in [0.2, 0.25) is 0 Å². The van der Waals surface area contributed by atoms with E-state index in [1.165, 1.54) is 39.3 Å². The fourth-order valence-electron chi connectivity index (χ4n) is 5.25. The quantitative estimate of drug-likeness (QED) is 0.132. The molecule has 14 heteroatoms. The van der Waals surface area contributed by atoms with Crippen molar-refractivity contribution in [2.24, 2.45) is 5.84 Å². The molecule has 2 aromatic carbocycles. The van der Waals surface area contributed by atoms with E-state index in [2.05, 4.69) is 11.6 Å². The number of ether oxygens (including phenoxy) is 3. The maximum absolute atomic E-state index is 14.0. The number of esters is 1. The molecule has 0 bridgehead atoms. The van der Waals surface area contributed by atoms with Gasteiger partial charge in [0, 0.05) is 54.1 Å². The van der Waals surface area contributed by atoms with E-state index in [0.29, 0.717) is 44.6 Å². The van der Waals surface area contributed by atoms with E-state index in [1.807, 2.05) is 0 Å². The number of benzene rings is 2. The number of halogens is 1. The Morgan fingerprint density at radius 3 is 2.55 bits per heavy atom. The topological polar surface area (TPSA) is 161 Å². The largest absolute Gasteiger partial charge is 0.497 e. The Bertz CT molecular complexity index is 1860. The third kappa shape index (κ3) is 5.20. The van der Waals surface area contributed by atoms with Gasteiger partial charge in [0.05, 0.1) is 31.0 Å². The zero-order chi connectivity index (χ0) is 32.0. The molecule has 0 radical (unpaired) electrons. The van der Waals surface area contributed by atoms with Gasteiger partial charge in [-0.1, -0.05) is 18.2 Å². The Balaban J connectivity index is 1.67. The second kappa shape index (κ2) is 11.6. The number of rotatable bonds is 7. The average molecular weight is 624 g/mol. The van der Waals surface area contributed by atoms with Crippen LogP contribution in [0.3, 0.4) is 0 Å². The molecule has 1 atom stereocenters. The maximum atomic E-state index is 14.0. The summed E-state index contributed by atoms with van der Waals surface area (Å²) in [7, 11) is 5.51. The first kappa shape index (κ1) is 30.4. The van der Waals surface area contributed by atoms with Gasteiger partial charge in [0.1, 0.15) is 17.9 Å². The number of methoxy groups -OCH3 is 2. The number of nitrogens with zero attached hydrogens (tertiary/aromatic N) is 3. The summed E-state index contributed by atoms with van der Waals surface area (Å²) in [5, 5.41) is 2.09. The zero-order valence-electron chi connectivity index (χ0n) is 24.6. The number of H-pyrrole nitrogens is 1. The predicted molar refractivity (Wildman–Crippen MR) is 162 cm³/mol. The summed E-state index contributed by atoms with van der Waals surface area (Å²) in [6.45, 7) is 5.30. The van der Waals surface area contributed by atoms with Crippen molar-refractivity contribution in [3.8, 4) is 11.5 Å². The smallest absolute Gasteiger partial charge is 0.415 e. The Hall–Kier alpha value is -5.01. The highest BCUT2D eigenvalue weighted by molar-refractivity contribution is 6.30. The molecule has 0 saturated heterocycles. The summed E-state index contributed by atoms with van der Waals surface area (Å²) < 4.78 is 22.0. The number of nitrogens with two attached hydrogens (primary N) is 1. The highest BCUT2D eigenvalue weighted by atomic mass is 35.5. The van der Waals surface area contributed by atoms with Gasteiger partial charge in [-0.25, -0.2) is 15.4 Å². The molecule has 3 heterocycles. The van der Waals surface area contributed by atoms with Gasteiger partial charge < -0.3 is 33.4 Å². The van der Waals surface area contributed by atoms with Crippen LogP contribution >= 0.6 is 11.6 Å². The fourth-order valence-corrected chi connectivity index (χ4v) is 5.43. The number of anilines is 1. The van der Waals surface area contributed by atoms with Crippen LogP contribution in [0.4, 0.5) is 10.5 Å². The van der Waals surface area contributed by atoms with Crippen LogP contribution < -0.4 is 20.2 Å². The lowest BCUT2D eigenvalue weighted by Gasteiger charge is -2.20. The molecule has 0 saturated carbocycles. The number of aromatic nitrogens is 1. The monoisotopic (exact) mass is 623 g/mol. The van der Waals surface area contributed by atoms with Gasteiger partial charge in [0.15, 0.2) is 11.5 Å². The van der Waals surface area contributed by atoms with E-state index >= 15 is 0 Å². The van der Waals surface area contributed by atoms with E-state index in [1.54, 1.807) is 31.2 Å². The van der Waals surface area contributed by atoms with Crippen molar-refractivity contribution in [3.63, 3.8) is 0 Å². The molecular weight excluding hydrogens is 594 g/mol. The lowest BCUT2D eigenvalue weighted by atomic mass is 9.94. The summed E-state index contributed by atoms with van der Waals surface area (Å²) in [4.78, 5) is 57.8. The first-order chi connectivity index (χ1) is 20.9. The van der Waals surface area contributed by atoms with Crippen LogP contribution in [0.15, 0.2) is 46.4 Å². The number of aryl methyl sites for hydroxylation is 1. The summed E-state index contributed by atoms with van der Waals surface area (Å²) in [5.41, 5.74) is 2.22. The van der Waals surface area contributed by atoms with Crippen molar-refractivity contribution < 1.29 is 37.8 Å². The first-order valence-electron chi connectivity index (χ1n) is 13.3. The second-order valence-corrected chi connectivity index (χ2v) is 10.8. The van der Waals surface area contributed by atoms with E-state index in [9.17, 15) is 19.2 Å². The number of furan rings is 1. The van der Waals surface area contributed by atoms with Crippen molar-refractivity contribution in [2.45, 2.75) is 12.8 Å². The van der Waals surface area contributed by atoms with Gasteiger partial charge in [-0.05, 0) is 36.8 Å². The molecule has 1 aliphatic heterocycles. The molecule has 4 aromatic rings. The van der Waals surface area contributed by atoms with Crippen LogP contribution in [0, 0.1) is 6.92 Å². The summed E-state index contributed by atoms with van der Waals surface area (Å²) >= 11 is 6.50. The van der Waals surface area contributed by atoms with E-state index in [0.717, 1.165) is 9.91 Å². The number of likely N-dealkylation sites (N-methyl/N-ethyl adjacent to an activating group) is 2. The molecule has 0 aliphatic carbocycles. The number of carbonyl (C=O) groups is 4. The maximum Gasteiger partial charge on any atom is 0.415 e. The number of hydrazine groups is 1. The van der Waals surface area contributed by atoms with Crippen molar-refractivity contribution >= 4 is 63.0 Å². The van der Waals surface area contributed by atoms with Crippen LogP contribution in [-0.2, 0) is 9.53 Å². The SMILES string of the molecule is C=C(Cl)[C@@H]1CN(C(=O)c2cc3cc(OC)ccc3o2)c2cc(OC(=O)N(C)CC(=O)N(C)N)c3[nH]c(C)c(C(=O)OC)c3c21. The third-order valence-corrected chi connectivity index (χ3v) is 7.74. The van der Waals surface area contributed by atoms with Crippen LogP contribution in [0.25, 0.3) is 21.9 Å². The van der Waals surface area contributed by atoms with Gasteiger partial charge >= 0.3 is 12.1 Å². The highest BCUT2D eigenvalue weighted by Crippen LogP contribution is 2.50. The molecule has 1 aliphatic rings. The molecule has 3 N–H and O–H groups in total. The minimum absolute atomic E-state index is 0.00428. The Kier molecular flexibility index (Phi) is 8.02. The summed E-state index contributed by atoms with van der Waals surface area (Å²) in [6.07, 6.45) is -0.881. The molecular formula is C30H30ClN5O8. The van der Waals surface area contributed by atoms with Crippen LogP contribution in [0.2, 0.25) is 0 Å². The average Bonchev–Trinajstić information content (AvgIpc) is 3.68. The van der Waals surface area contributed by atoms with Gasteiger partial charge in [-0.15, -0.1) is 0 Å². The number of carbonyl (C=O) groups excluding carboxylic acids is 4. The van der Waals surface area contributed by atoms with Crippen molar-refractivity contribution in [3.05, 3.63) is 64.5 Å². The van der Waals surface area contributed by atoms with Crippen molar-refractivity contribution in [1.29, 1.82) is 0 Å². The Morgan fingerprint density at radius 1 is 1.18 bits per heavy atom. The molecule has 2 aromatic heterocycles. The minimum Gasteiger partial charge on any atom is -0.497 e. The fraction of sp³-hybridized carbons (Fsp3) is 0.267. The molecule has 230 valence electrons. The lowest BCUT2D eigenvalue weighted by Crippen LogP contribution is -2.43. The summed E-state index contributed by atoms with van der Waals surface area (Å²) in [5.74, 6) is 3.84. The van der Waals surface area contributed by atoms with E-state index in [-0.39, 0.29) is 35.2 Å². The van der Waals surface area contributed by atoms with Gasteiger partial charge in [-0.2, -0.15) is 0 Å². The van der Waals surface area contributed by atoms with Crippen LogP contribution in [-0.4, -0.2) is 80.2 Å². The van der Waals surface area contributed by atoms with Crippen molar-refractivity contribution in [2.75, 3.05) is 46.3 Å². The number of hydrogen-bond donors (Lipinski definition) is 2. The van der Waals surface area contributed by atoms with Crippen LogP contribution in [0.5, 0.6) is 11.5 Å². The minimum atomic E-state index is -0.881. The first-order valence-corrected chi connectivity index (χ1v) is 13.7. The normalized spacial score (nSPS) is 14.0. The number of nitrogens with one attached hydrogen (secondary N) is 1. The van der Waals surface area contributed by atoms with Gasteiger partial charge in [0.25, 0.3) is 11.8 Å². The number of amides is 3. The number of aromatic amines is 1. The van der Waals surface area contributed by atoms with Crippen LogP contribution in [0.1, 0.15) is 38.1 Å². The molecule has 0 spiro atoms. The van der Waals surface area contributed by atoms with E-state index in [4.69, 9.17) is 36.1 Å². The number of hydrogen-bond acceptors (Lipinski definition) is 9. The third-order valence-electron chi connectivity index (χ3n) is 7.47. The number of fused-ring (bicyclic) bond motifs is 4. The Labute approximate surface area is 256 Å². The Morgan fingerprint density at radius 2 is 1.91 bits per heavy atom. The standard InChI is InChI=1S/C30H30ClN5O8/c1-14(31)18-12-36(28(38)22-10-16-9-17(41-5)7-8-20(16)43-22)19-11-21(44-30(40)34(3)13-23(37)35(4)32)27-26(25(18)19)24(15(2)33-27)29(39)42-6/h7-11,18,33H,1,12-13,32H2,2-6H3/t18-/m0/s1. The molecule has 0 unspecified atom stereocenters. The van der Waals surface area contributed by atoms with E-state index < -0.39 is 29.8 Å². The lowest BCUT2D eigenvalue weighted by molar-refractivity contribution is -0.130. The molecule has 13 nitrogen and oxygen atoms in total. The second-order valence-electron chi connectivity index (χ2n) is 10.3. The summed E-state index contributed by atoms with van der Waals surface area (Å²) in [6, 6.07) is 8.26. The molecule has 3 amide bonds. The van der Waals surface area contributed by atoms with Crippen molar-refractivity contribution in [1.82, 2.24) is 14.9 Å².